The van der Waals surface area contributed by atoms with E-state index in [-0.39, 0.29) is 12.2 Å². The summed E-state index contributed by atoms with van der Waals surface area (Å²) in [6.45, 7) is 3.63. The summed E-state index contributed by atoms with van der Waals surface area (Å²) < 4.78 is 61.0. The first-order valence-electron chi connectivity index (χ1n) is 8.97. The lowest BCUT2D eigenvalue weighted by atomic mass is 10.2. The SMILES string of the molecule is CCc1cc(CN2C(=O)N(c3ccc(S(=O)(=O)C(F)(F)F)cc3)C(=O)C2C)ccn1. The first-order valence-corrected chi connectivity index (χ1v) is 10.5. The smallest absolute Gasteiger partial charge is 0.308 e. The first kappa shape index (κ1) is 21.8. The van der Waals surface area contributed by atoms with Crippen molar-refractivity contribution in [1.82, 2.24) is 9.88 Å². The van der Waals surface area contributed by atoms with Gasteiger partial charge in [-0.2, -0.15) is 13.2 Å². The van der Waals surface area contributed by atoms with Crippen LogP contribution in [0.1, 0.15) is 25.1 Å². The summed E-state index contributed by atoms with van der Waals surface area (Å²) in [5.74, 6) is -0.559. The molecule has 1 aromatic heterocycles. The Balaban J connectivity index is 1.86. The quantitative estimate of drug-likeness (QED) is 0.665. The third-order valence-corrected chi connectivity index (χ3v) is 6.29. The molecule has 0 aliphatic carbocycles. The molecule has 7 nitrogen and oxygen atoms in total. The fourth-order valence-electron chi connectivity index (χ4n) is 3.08. The first-order chi connectivity index (χ1) is 14.0. The molecule has 1 fully saturated rings. The van der Waals surface area contributed by atoms with Gasteiger partial charge < -0.3 is 4.90 Å². The van der Waals surface area contributed by atoms with Gasteiger partial charge in [0.15, 0.2) is 0 Å². The number of amides is 3. The molecule has 0 spiro atoms. The average Bonchev–Trinajstić information content (AvgIpc) is 2.90. The van der Waals surface area contributed by atoms with Crippen LogP contribution >= 0.6 is 0 Å². The van der Waals surface area contributed by atoms with Crippen LogP contribution in [0.15, 0.2) is 47.5 Å². The van der Waals surface area contributed by atoms with Crippen LogP contribution in [0.4, 0.5) is 23.7 Å². The highest BCUT2D eigenvalue weighted by Gasteiger charge is 2.47. The van der Waals surface area contributed by atoms with Gasteiger partial charge in [0.05, 0.1) is 10.6 Å². The number of hydrogen-bond donors (Lipinski definition) is 0. The number of rotatable bonds is 5. The standard InChI is InChI=1S/C19H18F3N3O4S/c1-3-14-10-13(8-9-23-14)11-24-12(2)17(26)25(18(24)27)15-4-6-16(7-5-15)30(28,29)19(20,21)22/h4-10,12H,3,11H2,1-2H3. The Kier molecular flexibility index (Phi) is 5.59. The second-order valence-electron chi connectivity index (χ2n) is 6.71. The number of nitrogens with zero attached hydrogens (tertiary/aromatic N) is 3. The molecule has 0 N–H and O–H groups in total. The minimum Gasteiger partial charge on any atom is -0.308 e. The van der Waals surface area contributed by atoms with E-state index in [4.69, 9.17) is 0 Å². The number of urea groups is 1. The highest BCUT2D eigenvalue weighted by atomic mass is 32.2. The molecule has 2 heterocycles. The molecular weight excluding hydrogens is 423 g/mol. The molecule has 11 heteroatoms. The summed E-state index contributed by atoms with van der Waals surface area (Å²) in [5.41, 5.74) is -3.84. The van der Waals surface area contributed by atoms with Crippen molar-refractivity contribution >= 4 is 27.5 Å². The number of carbonyl (C=O) groups is 2. The number of anilines is 1. The van der Waals surface area contributed by atoms with Crippen molar-refractivity contribution in [2.24, 2.45) is 0 Å². The number of alkyl halides is 3. The van der Waals surface area contributed by atoms with Gasteiger partial charge in [0.1, 0.15) is 6.04 Å². The predicted molar refractivity (Wildman–Crippen MR) is 101 cm³/mol. The van der Waals surface area contributed by atoms with E-state index < -0.39 is 38.2 Å². The molecule has 160 valence electrons. The topological polar surface area (TPSA) is 87.7 Å². The van der Waals surface area contributed by atoms with E-state index in [1.54, 1.807) is 19.2 Å². The van der Waals surface area contributed by atoms with Crippen LogP contribution in [-0.2, 0) is 27.6 Å². The van der Waals surface area contributed by atoms with E-state index >= 15 is 0 Å². The second kappa shape index (κ2) is 7.71. The molecule has 3 rings (SSSR count). The number of carbonyl (C=O) groups excluding carboxylic acids is 2. The molecule has 30 heavy (non-hydrogen) atoms. The molecule has 0 radical (unpaired) electrons. The van der Waals surface area contributed by atoms with Gasteiger partial charge in [-0.3, -0.25) is 9.78 Å². The van der Waals surface area contributed by atoms with Gasteiger partial charge >= 0.3 is 11.5 Å². The zero-order valence-corrected chi connectivity index (χ0v) is 16.9. The minimum absolute atomic E-state index is 0.00977. The Bertz CT molecular complexity index is 1080. The lowest BCUT2D eigenvalue weighted by Gasteiger charge is -2.19. The van der Waals surface area contributed by atoms with E-state index in [0.29, 0.717) is 6.42 Å². The third kappa shape index (κ3) is 3.76. The van der Waals surface area contributed by atoms with Gasteiger partial charge in [0.25, 0.3) is 15.7 Å². The molecule has 1 aromatic carbocycles. The fraction of sp³-hybridized carbons (Fsp3) is 0.316. The normalized spacial score (nSPS) is 17.7. The summed E-state index contributed by atoms with van der Waals surface area (Å²) in [6, 6.07) is 5.57. The summed E-state index contributed by atoms with van der Waals surface area (Å²) >= 11 is 0. The minimum atomic E-state index is -5.52. The van der Waals surface area contributed by atoms with E-state index in [9.17, 15) is 31.2 Å². The number of pyridine rings is 1. The molecule has 2 aromatic rings. The molecule has 1 aliphatic heterocycles. The Labute approximate surface area is 171 Å². The van der Waals surface area contributed by atoms with E-state index in [1.165, 1.54) is 4.90 Å². The molecule has 1 aliphatic rings. The van der Waals surface area contributed by atoms with Crippen LogP contribution in [0.25, 0.3) is 0 Å². The highest BCUT2D eigenvalue weighted by molar-refractivity contribution is 7.92. The van der Waals surface area contributed by atoms with Crippen molar-refractivity contribution in [3.8, 4) is 0 Å². The van der Waals surface area contributed by atoms with Crippen molar-refractivity contribution in [2.45, 2.75) is 43.3 Å². The number of halogens is 3. The largest absolute Gasteiger partial charge is 0.501 e. The van der Waals surface area contributed by atoms with Crippen LogP contribution in [-0.4, -0.2) is 41.8 Å². The zero-order valence-electron chi connectivity index (χ0n) is 16.0. The van der Waals surface area contributed by atoms with Crippen LogP contribution < -0.4 is 4.90 Å². The van der Waals surface area contributed by atoms with Crippen molar-refractivity contribution in [1.29, 1.82) is 0 Å². The summed E-state index contributed by atoms with van der Waals surface area (Å²) in [5, 5.41) is 0. The van der Waals surface area contributed by atoms with E-state index in [2.05, 4.69) is 4.98 Å². The fourth-order valence-corrected chi connectivity index (χ4v) is 3.84. The highest BCUT2D eigenvalue weighted by Crippen LogP contribution is 2.32. The van der Waals surface area contributed by atoms with Crippen LogP contribution in [0, 0.1) is 0 Å². The van der Waals surface area contributed by atoms with Crippen LogP contribution in [0.5, 0.6) is 0 Å². The Morgan fingerprint density at radius 1 is 1.10 bits per heavy atom. The summed E-state index contributed by atoms with van der Waals surface area (Å²) in [4.78, 5) is 30.9. The zero-order chi connectivity index (χ0) is 22.3. The number of aryl methyl sites for hydroxylation is 1. The number of benzene rings is 1. The van der Waals surface area contributed by atoms with Crippen LogP contribution in [0.3, 0.4) is 0 Å². The Morgan fingerprint density at radius 3 is 2.30 bits per heavy atom. The maximum absolute atomic E-state index is 12.8. The van der Waals surface area contributed by atoms with Gasteiger partial charge in [-0.1, -0.05) is 6.92 Å². The Morgan fingerprint density at radius 2 is 1.73 bits per heavy atom. The lowest BCUT2D eigenvalue weighted by molar-refractivity contribution is -0.119. The molecule has 1 unspecified atom stereocenters. The van der Waals surface area contributed by atoms with Gasteiger partial charge in [-0.05, 0) is 55.3 Å². The van der Waals surface area contributed by atoms with Gasteiger partial charge in [0, 0.05) is 18.4 Å². The molecule has 3 amide bonds. The molecule has 0 saturated carbocycles. The molecular formula is C19H18F3N3O4S. The van der Waals surface area contributed by atoms with Gasteiger partial charge in [-0.25, -0.2) is 18.1 Å². The van der Waals surface area contributed by atoms with E-state index in [1.807, 2.05) is 13.0 Å². The third-order valence-electron chi connectivity index (χ3n) is 4.79. The predicted octanol–water partition coefficient (Wildman–Crippen LogP) is 3.29. The number of hydrogen-bond acceptors (Lipinski definition) is 5. The van der Waals surface area contributed by atoms with Crippen molar-refractivity contribution in [2.75, 3.05) is 4.90 Å². The Hall–Kier alpha value is -2.95. The monoisotopic (exact) mass is 441 g/mol. The number of aromatic nitrogens is 1. The maximum atomic E-state index is 12.8. The summed E-state index contributed by atoms with van der Waals surface area (Å²) in [7, 11) is -5.52. The van der Waals surface area contributed by atoms with Crippen molar-refractivity contribution in [3.05, 3.63) is 53.9 Å². The van der Waals surface area contributed by atoms with Crippen molar-refractivity contribution < 1.29 is 31.2 Å². The van der Waals surface area contributed by atoms with Crippen molar-refractivity contribution in [3.63, 3.8) is 0 Å². The number of imide groups is 1. The lowest BCUT2D eigenvalue weighted by Crippen LogP contribution is -2.33. The number of sulfone groups is 1. The van der Waals surface area contributed by atoms with Gasteiger partial charge in [0.2, 0.25) is 0 Å². The maximum Gasteiger partial charge on any atom is 0.501 e. The molecule has 1 saturated heterocycles. The average molecular weight is 441 g/mol. The van der Waals surface area contributed by atoms with E-state index in [0.717, 1.165) is 40.4 Å². The summed E-state index contributed by atoms with van der Waals surface area (Å²) in [6.07, 6.45) is 2.31. The van der Waals surface area contributed by atoms with Gasteiger partial charge in [-0.15, -0.1) is 0 Å². The molecule has 1 atom stereocenters. The van der Waals surface area contributed by atoms with Crippen LogP contribution in [0.2, 0.25) is 0 Å². The second-order valence-corrected chi connectivity index (χ2v) is 8.65. The molecule has 0 bridgehead atoms.